The quantitative estimate of drug-likeness (QED) is 0.845. The minimum Gasteiger partial charge on any atom is -0.481 e. The maximum Gasteiger partial charge on any atom is 0.228 e. The number of methoxy groups -OCH3 is 1. The minimum atomic E-state index is -0.241. The molecule has 118 valence electrons. The van der Waals surface area contributed by atoms with Crippen LogP contribution in [0.25, 0.3) is 0 Å². The molecule has 0 spiro atoms. The van der Waals surface area contributed by atoms with Crippen molar-refractivity contribution in [2.75, 3.05) is 45.2 Å². The summed E-state index contributed by atoms with van der Waals surface area (Å²) < 4.78 is 5.14. The van der Waals surface area contributed by atoms with Crippen LogP contribution in [-0.2, 0) is 0 Å². The Labute approximate surface area is 126 Å². The molecule has 2 rings (SSSR count). The van der Waals surface area contributed by atoms with E-state index in [4.69, 9.17) is 4.74 Å². The molecule has 0 radical (unpaired) electrons. The summed E-state index contributed by atoms with van der Waals surface area (Å²) >= 11 is 0. The van der Waals surface area contributed by atoms with Gasteiger partial charge in [-0.05, 0) is 38.8 Å². The molecule has 2 heterocycles. The van der Waals surface area contributed by atoms with Gasteiger partial charge in [0.05, 0.1) is 13.2 Å². The first-order valence-corrected chi connectivity index (χ1v) is 7.57. The summed E-state index contributed by atoms with van der Waals surface area (Å²) in [5, 5.41) is 9.44. The molecule has 0 amide bonds. The third kappa shape index (κ3) is 4.82. The lowest BCUT2D eigenvalue weighted by molar-refractivity contribution is 0.101. The van der Waals surface area contributed by atoms with Gasteiger partial charge in [0, 0.05) is 32.4 Å². The topological polar surface area (TPSA) is 61.7 Å². The first kappa shape index (κ1) is 16.0. The van der Waals surface area contributed by atoms with Gasteiger partial charge in [0.25, 0.3) is 0 Å². The van der Waals surface area contributed by atoms with Crippen LogP contribution in [0.3, 0.4) is 0 Å². The second-order valence-corrected chi connectivity index (χ2v) is 5.87. The highest BCUT2D eigenvalue weighted by Crippen LogP contribution is 2.20. The number of hydrogen-bond acceptors (Lipinski definition) is 6. The third-order valence-electron chi connectivity index (χ3n) is 3.93. The van der Waals surface area contributed by atoms with E-state index >= 15 is 0 Å². The summed E-state index contributed by atoms with van der Waals surface area (Å²) in [4.78, 5) is 13.1. The molecular formula is C15H26N4O2. The van der Waals surface area contributed by atoms with Crippen LogP contribution in [0.2, 0.25) is 0 Å². The van der Waals surface area contributed by atoms with Crippen molar-refractivity contribution >= 4 is 5.95 Å². The number of aliphatic hydroxyl groups excluding tert-OH is 1. The van der Waals surface area contributed by atoms with Crippen molar-refractivity contribution in [3.05, 3.63) is 12.3 Å². The van der Waals surface area contributed by atoms with E-state index < -0.39 is 0 Å². The summed E-state index contributed by atoms with van der Waals surface area (Å²) in [7, 11) is 3.64. The molecule has 1 aromatic rings. The number of likely N-dealkylation sites (tertiary alicyclic amines) is 1. The van der Waals surface area contributed by atoms with Gasteiger partial charge in [0.2, 0.25) is 11.8 Å². The zero-order valence-corrected chi connectivity index (χ0v) is 13.2. The van der Waals surface area contributed by atoms with E-state index in [1.54, 1.807) is 19.4 Å². The maximum absolute atomic E-state index is 9.44. The van der Waals surface area contributed by atoms with Crippen LogP contribution in [0.5, 0.6) is 5.88 Å². The highest BCUT2D eigenvalue weighted by molar-refractivity contribution is 5.30. The number of ether oxygens (including phenoxy) is 1. The molecule has 21 heavy (non-hydrogen) atoms. The van der Waals surface area contributed by atoms with Gasteiger partial charge in [0.1, 0.15) is 0 Å². The van der Waals surface area contributed by atoms with E-state index in [0.29, 0.717) is 17.7 Å². The van der Waals surface area contributed by atoms with E-state index in [-0.39, 0.29) is 6.10 Å². The lowest BCUT2D eigenvalue weighted by Gasteiger charge is -2.34. The zero-order chi connectivity index (χ0) is 15.2. The number of piperidine rings is 1. The first-order chi connectivity index (χ1) is 10.1. The number of β-amino-alcohol motifs (C(OH)–C–C–N with tert-alkyl or cyclic N) is 1. The SMILES string of the molecule is COc1ccnc(N(C)CC2CCN(CC(C)O)CC2)n1. The fourth-order valence-electron chi connectivity index (χ4n) is 2.82. The Bertz CT molecular complexity index is 433. The fourth-order valence-corrected chi connectivity index (χ4v) is 2.82. The Hall–Kier alpha value is -1.40. The average molecular weight is 294 g/mol. The molecule has 1 aliphatic heterocycles. The van der Waals surface area contributed by atoms with Crippen LogP contribution in [0.4, 0.5) is 5.95 Å². The van der Waals surface area contributed by atoms with E-state index in [0.717, 1.165) is 39.0 Å². The van der Waals surface area contributed by atoms with Crippen LogP contribution in [-0.4, -0.2) is 66.4 Å². The van der Waals surface area contributed by atoms with Gasteiger partial charge in [-0.15, -0.1) is 0 Å². The van der Waals surface area contributed by atoms with Crippen molar-refractivity contribution in [1.82, 2.24) is 14.9 Å². The van der Waals surface area contributed by atoms with Crippen LogP contribution in [0.15, 0.2) is 12.3 Å². The number of rotatable bonds is 6. The molecule has 1 fully saturated rings. The van der Waals surface area contributed by atoms with Gasteiger partial charge < -0.3 is 19.6 Å². The van der Waals surface area contributed by atoms with Crippen LogP contribution in [0, 0.1) is 5.92 Å². The van der Waals surface area contributed by atoms with Gasteiger partial charge in [-0.3, -0.25) is 0 Å². The Morgan fingerprint density at radius 3 is 2.81 bits per heavy atom. The number of aromatic nitrogens is 2. The molecule has 1 aliphatic rings. The smallest absolute Gasteiger partial charge is 0.228 e. The highest BCUT2D eigenvalue weighted by Gasteiger charge is 2.21. The van der Waals surface area contributed by atoms with E-state index in [1.165, 1.54) is 0 Å². The van der Waals surface area contributed by atoms with Crippen molar-refractivity contribution in [2.45, 2.75) is 25.9 Å². The summed E-state index contributed by atoms with van der Waals surface area (Å²) in [5.41, 5.74) is 0. The predicted octanol–water partition coefficient (Wildman–Crippen LogP) is 1.01. The molecule has 6 heteroatoms. The van der Waals surface area contributed by atoms with Crippen LogP contribution >= 0.6 is 0 Å². The summed E-state index contributed by atoms with van der Waals surface area (Å²) in [6.07, 6.45) is 3.79. The first-order valence-electron chi connectivity index (χ1n) is 7.57. The largest absolute Gasteiger partial charge is 0.481 e. The fraction of sp³-hybridized carbons (Fsp3) is 0.733. The van der Waals surface area contributed by atoms with Gasteiger partial charge in [-0.1, -0.05) is 0 Å². The molecule has 0 bridgehead atoms. The molecule has 0 aliphatic carbocycles. The lowest BCUT2D eigenvalue weighted by Crippen LogP contribution is -2.40. The van der Waals surface area contributed by atoms with Crippen LogP contribution < -0.4 is 9.64 Å². The number of aliphatic hydroxyl groups is 1. The predicted molar refractivity (Wildman–Crippen MR) is 82.7 cm³/mol. The molecular weight excluding hydrogens is 268 g/mol. The van der Waals surface area contributed by atoms with Crippen molar-refractivity contribution in [3.8, 4) is 5.88 Å². The highest BCUT2D eigenvalue weighted by atomic mass is 16.5. The van der Waals surface area contributed by atoms with Crippen LogP contribution in [0.1, 0.15) is 19.8 Å². The summed E-state index contributed by atoms with van der Waals surface area (Å²) in [6.45, 7) is 5.70. The average Bonchev–Trinajstić information content (AvgIpc) is 2.49. The summed E-state index contributed by atoms with van der Waals surface area (Å²) in [5.74, 6) is 1.95. The Balaban J connectivity index is 1.82. The standard InChI is InChI=1S/C15H26N4O2/c1-12(20)10-19-8-5-13(6-9-19)11-18(2)15-16-7-4-14(17-15)21-3/h4,7,12-13,20H,5-6,8-11H2,1-3H3. The maximum atomic E-state index is 9.44. The van der Waals surface area contributed by atoms with Gasteiger partial charge in [0.15, 0.2) is 0 Å². The molecule has 1 N–H and O–H groups in total. The van der Waals surface area contributed by atoms with Gasteiger partial charge >= 0.3 is 0 Å². The van der Waals surface area contributed by atoms with Gasteiger partial charge in [-0.25, -0.2) is 4.98 Å². The Morgan fingerprint density at radius 1 is 1.48 bits per heavy atom. The lowest BCUT2D eigenvalue weighted by atomic mass is 9.96. The van der Waals surface area contributed by atoms with Crippen molar-refractivity contribution in [2.24, 2.45) is 5.92 Å². The van der Waals surface area contributed by atoms with E-state index in [9.17, 15) is 5.11 Å². The van der Waals surface area contributed by atoms with E-state index in [2.05, 4.69) is 19.8 Å². The Kier molecular flexibility index (Phi) is 5.76. The monoisotopic (exact) mass is 294 g/mol. The molecule has 1 aromatic heterocycles. The minimum absolute atomic E-state index is 0.241. The van der Waals surface area contributed by atoms with E-state index in [1.807, 2.05) is 14.0 Å². The van der Waals surface area contributed by atoms with Crippen molar-refractivity contribution < 1.29 is 9.84 Å². The number of hydrogen-bond donors (Lipinski definition) is 1. The molecule has 1 unspecified atom stereocenters. The number of anilines is 1. The molecule has 0 aromatic carbocycles. The Morgan fingerprint density at radius 2 is 2.19 bits per heavy atom. The van der Waals surface area contributed by atoms with Crippen molar-refractivity contribution in [3.63, 3.8) is 0 Å². The zero-order valence-electron chi connectivity index (χ0n) is 13.2. The normalized spacial score (nSPS) is 18.5. The molecule has 1 atom stereocenters. The second-order valence-electron chi connectivity index (χ2n) is 5.87. The molecule has 1 saturated heterocycles. The number of nitrogens with zero attached hydrogens (tertiary/aromatic N) is 4. The second kappa shape index (κ2) is 7.56. The van der Waals surface area contributed by atoms with Gasteiger partial charge in [-0.2, -0.15) is 4.98 Å². The third-order valence-corrected chi connectivity index (χ3v) is 3.93. The molecule has 6 nitrogen and oxygen atoms in total. The summed E-state index contributed by atoms with van der Waals surface area (Å²) in [6, 6.07) is 1.76. The van der Waals surface area contributed by atoms with Crippen molar-refractivity contribution in [1.29, 1.82) is 0 Å². The molecule has 0 saturated carbocycles.